The molecule has 0 spiro atoms. The van der Waals surface area contributed by atoms with Crippen molar-refractivity contribution >= 4 is 56.9 Å². The molecule has 0 saturated carbocycles. The van der Waals surface area contributed by atoms with Crippen molar-refractivity contribution in [2.45, 2.75) is 12.6 Å². The van der Waals surface area contributed by atoms with Crippen molar-refractivity contribution in [3.63, 3.8) is 0 Å². The number of H-pyrrole nitrogens is 1. The van der Waals surface area contributed by atoms with Crippen molar-refractivity contribution in [1.82, 2.24) is 30.0 Å². The first-order chi connectivity index (χ1) is 16.0. The first-order valence-corrected chi connectivity index (χ1v) is 11.1. The number of rotatable bonds is 4. The quantitative estimate of drug-likeness (QED) is 0.352. The summed E-state index contributed by atoms with van der Waals surface area (Å²) in [6, 6.07) is 13.5. The molecule has 3 N–H and O–H groups in total. The number of fused-ring (bicyclic) bond motifs is 3. The average Bonchev–Trinajstić information content (AvgIpc) is 3.51. The Hall–Kier alpha value is -3.62. The molecule has 1 aliphatic rings. The van der Waals surface area contributed by atoms with Crippen molar-refractivity contribution in [1.29, 1.82) is 0 Å². The van der Waals surface area contributed by atoms with Crippen LogP contribution >= 0.6 is 23.2 Å². The highest BCUT2D eigenvalue weighted by molar-refractivity contribution is 6.31. The number of carbonyl (C=O) groups is 1. The molecule has 8 nitrogen and oxygen atoms in total. The third-order valence-corrected chi connectivity index (χ3v) is 6.27. The van der Waals surface area contributed by atoms with Crippen LogP contribution in [0.3, 0.4) is 0 Å². The zero-order chi connectivity index (χ0) is 22.5. The molecule has 2 aromatic carbocycles. The minimum Gasteiger partial charge on any atom is -0.353 e. The summed E-state index contributed by atoms with van der Waals surface area (Å²) in [6.07, 6.45) is 3.41. The number of hydrogen-bond acceptors (Lipinski definition) is 5. The van der Waals surface area contributed by atoms with Crippen molar-refractivity contribution < 1.29 is 4.79 Å². The van der Waals surface area contributed by atoms with Crippen molar-refractivity contribution in [3.05, 3.63) is 81.9 Å². The first-order valence-electron chi connectivity index (χ1n) is 10.3. The summed E-state index contributed by atoms with van der Waals surface area (Å²) in [4.78, 5) is 21.6. The molecule has 0 aliphatic carbocycles. The van der Waals surface area contributed by atoms with Crippen molar-refractivity contribution in [2.75, 3.05) is 11.9 Å². The zero-order valence-corrected chi connectivity index (χ0v) is 18.7. The van der Waals surface area contributed by atoms with Gasteiger partial charge in [0.2, 0.25) is 5.95 Å². The van der Waals surface area contributed by atoms with E-state index in [1.165, 1.54) is 0 Å². The van der Waals surface area contributed by atoms with Crippen LogP contribution in [-0.2, 0) is 6.54 Å². The predicted molar refractivity (Wildman–Crippen MR) is 128 cm³/mol. The average molecular weight is 478 g/mol. The molecule has 0 fully saturated rings. The Bertz CT molecular complexity index is 1540. The number of pyridine rings is 1. The monoisotopic (exact) mass is 477 g/mol. The molecule has 10 heteroatoms. The predicted octanol–water partition coefficient (Wildman–Crippen LogP) is 4.56. The van der Waals surface area contributed by atoms with Gasteiger partial charge >= 0.3 is 0 Å². The molecule has 0 saturated heterocycles. The normalized spacial score (nSPS) is 15.0. The molecule has 33 heavy (non-hydrogen) atoms. The maximum atomic E-state index is 12.8. The van der Waals surface area contributed by atoms with E-state index in [9.17, 15) is 4.79 Å². The number of aromatic nitrogens is 5. The Kier molecular flexibility index (Phi) is 4.70. The number of imidazole rings is 1. The second kappa shape index (κ2) is 7.75. The Morgan fingerprint density at radius 3 is 2.97 bits per heavy atom. The zero-order valence-electron chi connectivity index (χ0n) is 17.1. The summed E-state index contributed by atoms with van der Waals surface area (Å²) in [5, 5.41) is 16.5. The van der Waals surface area contributed by atoms with Gasteiger partial charge in [-0.3, -0.25) is 14.9 Å². The maximum absolute atomic E-state index is 12.8. The van der Waals surface area contributed by atoms with Gasteiger partial charge in [0, 0.05) is 34.7 Å². The fourth-order valence-corrected chi connectivity index (χ4v) is 4.54. The lowest BCUT2D eigenvalue weighted by atomic mass is 10.0. The van der Waals surface area contributed by atoms with E-state index in [0.29, 0.717) is 33.9 Å². The minimum atomic E-state index is -0.273. The number of aromatic amines is 1. The largest absolute Gasteiger partial charge is 0.353 e. The lowest BCUT2D eigenvalue weighted by molar-refractivity contribution is 0.0946. The Morgan fingerprint density at radius 2 is 2.06 bits per heavy atom. The molecule has 0 radical (unpaired) electrons. The molecule has 1 amide bonds. The highest BCUT2D eigenvalue weighted by Gasteiger charge is 2.27. The smallest absolute Gasteiger partial charge is 0.271 e. The lowest BCUT2D eigenvalue weighted by Crippen LogP contribution is -2.24. The fraction of sp³-hybridized carbons (Fsp3) is 0.130. The van der Waals surface area contributed by atoms with Gasteiger partial charge in [-0.2, -0.15) is 5.10 Å². The SMILES string of the molecule is O=C(NCc1n[nH]c2ccc(Cl)cc12)c1cn2c(n1)NCC2c1ccc2ncc(Cl)cc2c1. The molecular weight excluding hydrogens is 461 g/mol. The van der Waals surface area contributed by atoms with Crippen LogP contribution in [0, 0.1) is 0 Å². The van der Waals surface area contributed by atoms with Crippen LogP contribution in [0.1, 0.15) is 27.8 Å². The molecule has 1 aliphatic heterocycles. The van der Waals surface area contributed by atoms with Crippen molar-refractivity contribution in [3.8, 4) is 0 Å². The van der Waals surface area contributed by atoms with E-state index in [1.807, 2.05) is 34.9 Å². The van der Waals surface area contributed by atoms with E-state index >= 15 is 0 Å². The van der Waals surface area contributed by atoms with Gasteiger partial charge in [-0.1, -0.05) is 29.3 Å². The number of hydrogen-bond donors (Lipinski definition) is 3. The van der Waals surface area contributed by atoms with Gasteiger partial charge in [-0.05, 0) is 42.0 Å². The topological polar surface area (TPSA) is 101 Å². The third-order valence-electron chi connectivity index (χ3n) is 5.83. The number of nitrogens with zero attached hydrogens (tertiary/aromatic N) is 4. The second-order valence-electron chi connectivity index (χ2n) is 7.90. The number of amides is 1. The van der Waals surface area contributed by atoms with Gasteiger partial charge in [-0.15, -0.1) is 0 Å². The van der Waals surface area contributed by atoms with Gasteiger partial charge in [0.05, 0.1) is 34.3 Å². The third kappa shape index (κ3) is 3.57. The first kappa shape index (κ1) is 20.0. The highest BCUT2D eigenvalue weighted by Crippen LogP contribution is 2.31. The summed E-state index contributed by atoms with van der Waals surface area (Å²) in [5.41, 5.74) is 3.88. The number of nitrogens with one attached hydrogen (secondary N) is 3. The van der Waals surface area contributed by atoms with Gasteiger partial charge in [0.15, 0.2) is 0 Å². The van der Waals surface area contributed by atoms with Crippen LogP contribution in [-0.4, -0.2) is 37.2 Å². The second-order valence-corrected chi connectivity index (χ2v) is 8.78. The molecule has 1 unspecified atom stereocenters. The van der Waals surface area contributed by atoms with Gasteiger partial charge in [0.25, 0.3) is 5.91 Å². The number of halogens is 2. The van der Waals surface area contributed by atoms with Crippen LogP contribution in [0.25, 0.3) is 21.8 Å². The van der Waals surface area contributed by atoms with E-state index in [2.05, 4.69) is 36.9 Å². The lowest BCUT2D eigenvalue weighted by Gasteiger charge is -2.13. The molecule has 164 valence electrons. The molecule has 3 aromatic heterocycles. The van der Waals surface area contributed by atoms with E-state index in [-0.39, 0.29) is 18.5 Å². The van der Waals surface area contributed by atoms with E-state index in [1.54, 1.807) is 18.5 Å². The Labute approximate surface area is 197 Å². The fourth-order valence-electron chi connectivity index (χ4n) is 4.20. The van der Waals surface area contributed by atoms with E-state index < -0.39 is 0 Å². The number of carbonyl (C=O) groups excluding carboxylic acids is 1. The molecule has 5 aromatic rings. The van der Waals surface area contributed by atoms with E-state index in [4.69, 9.17) is 23.2 Å². The van der Waals surface area contributed by atoms with Crippen LogP contribution in [0.2, 0.25) is 10.0 Å². The van der Waals surface area contributed by atoms with Crippen LogP contribution < -0.4 is 10.6 Å². The Balaban J connectivity index is 1.22. The highest BCUT2D eigenvalue weighted by atomic mass is 35.5. The summed E-state index contributed by atoms with van der Waals surface area (Å²) < 4.78 is 1.98. The number of anilines is 1. The minimum absolute atomic E-state index is 0.00913. The Morgan fingerprint density at radius 1 is 1.15 bits per heavy atom. The molecule has 1 atom stereocenters. The molecular formula is C23H17Cl2N7O. The van der Waals surface area contributed by atoms with Gasteiger partial charge in [-0.25, -0.2) is 4.98 Å². The maximum Gasteiger partial charge on any atom is 0.271 e. The molecule has 4 heterocycles. The molecule has 0 bridgehead atoms. The van der Waals surface area contributed by atoms with Crippen LogP contribution in [0.5, 0.6) is 0 Å². The summed E-state index contributed by atoms with van der Waals surface area (Å²) >= 11 is 12.2. The number of benzene rings is 2. The van der Waals surface area contributed by atoms with Crippen LogP contribution in [0.4, 0.5) is 5.95 Å². The molecule has 6 rings (SSSR count). The van der Waals surface area contributed by atoms with Crippen molar-refractivity contribution in [2.24, 2.45) is 0 Å². The summed E-state index contributed by atoms with van der Waals surface area (Å²) in [5.74, 6) is 0.386. The standard InChI is InChI=1S/C23H17Cl2N7O/c24-14-2-4-18-16(7-14)19(31-30-18)9-27-22(33)20-11-32-21(10-28-23(32)29-20)12-1-3-17-13(5-12)6-15(25)8-26-17/h1-8,11,21H,9-10H2,(H,27,33)(H,28,29)(H,30,31). The van der Waals surface area contributed by atoms with E-state index in [0.717, 1.165) is 27.4 Å². The van der Waals surface area contributed by atoms with Crippen LogP contribution in [0.15, 0.2) is 54.9 Å². The summed E-state index contributed by atoms with van der Waals surface area (Å²) in [6.45, 7) is 0.945. The van der Waals surface area contributed by atoms with Gasteiger partial charge in [0.1, 0.15) is 5.69 Å². The summed E-state index contributed by atoms with van der Waals surface area (Å²) in [7, 11) is 0. The van der Waals surface area contributed by atoms with Gasteiger partial charge < -0.3 is 15.2 Å².